The summed E-state index contributed by atoms with van der Waals surface area (Å²) < 4.78 is 40.9. The first-order valence-electron chi connectivity index (χ1n) is 10.7. The van der Waals surface area contributed by atoms with Gasteiger partial charge in [0.2, 0.25) is 0 Å². The van der Waals surface area contributed by atoms with Crippen LogP contribution in [0.15, 0.2) is 46.9 Å². The highest BCUT2D eigenvalue weighted by Crippen LogP contribution is 2.39. The van der Waals surface area contributed by atoms with Gasteiger partial charge in [0.25, 0.3) is 11.8 Å². The number of likely N-dealkylation sites (tertiary alicyclic amines) is 1. The fourth-order valence-corrected chi connectivity index (χ4v) is 5.41. The second-order valence-corrected chi connectivity index (χ2v) is 10.0. The Bertz CT molecular complexity index is 1330. The Hall–Kier alpha value is -3.46. The van der Waals surface area contributed by atoms with Crippen molar-refractivity contribution in [2.75, 3.05) is 13.1 Å². The molecule has 0 spiro atoms. The van der Waals surface area contributed by atoms with Crippen LogP contribution < -0.4 is 10.2 Å². The molecule has 3 heterocycles. The van der Waals surface area contributed by atoms with Crippen LogP contribution in [0.4, 0.5) is 13.2 Å². The number of ether oxygens (including phenoxy) is 1. The normalized spacial score (nSPS) is 18.2. The Balaban J connectivity index is 1.41. The molecule has 2 aromatic heterocycles. The first kappa shape index (κ1) is 26.6. The number of carbonyl (C=O) groups excluding carboxylic acids is 2. The Morgan fingerprint density at radius 2 is 1.70 bits per heavy atom. The molecule has 1 aliphatic heterocycles. The second kappa shape index (κ2) is 10.5. The number of alkyl halides is 3. The first-order chi connectivity index (χ1) is 17.4. The standard InChI is InChI=1S/C23H20F3N3O6S2/c1-11(14-10-36-20(19(14)32)12-2-4-13(5-3-12)35-23(24,25)26)27-28-21(33)17-6-7-18(37-17)22(34)29-8-15(30)16(31)9-29/h2-7,10,15-16,30-32H,8-9H2,1H3,(H,28,33). The minimum atomic E-state index is -4.81. The summed E-state index contributed by atoms with van der Waals surface area (Å²) in [5, 5.41) is 35.5. The van der Waals surface area contributed by atoms with E-state index < -0.39 is 30.4 Å². The second-order valence-electron chi connectivity index (χ2n) is 8.05. The number of hydrazone groups is 1. The van der Waals surface area contributed by atoms with Crippen molar-refractivity contribution in [2.24, 2.45) is 5.10 Å². The van der Waals surface area contributed by atoms with Crippen LogP contribution >= 0.6 is 22.7 Å². The molecule has 0 radical (unpaired) electrons. The number of hydrogen-bond acceptors (Lipinski definition) is 9. The number of aliphatic hydroxyl groups excluding tert-OH is 2. The maximum atomic E-state index is 12.5. The van der Waals surface area contributed by atoms with Gasteiger partial charge in [0.1, 0.15) is 11.5 Å². The maximum absolute atomic E-state index is 12.5. The largest absolute Gasteiger partial charge is 0.573 e. The van der Waals surface area contributed by atoms with Crippen LogP contribution in [0, 0.1) is 0 Å². The average molecular weight is 556 g/mol. The predicted molar refractivity (Wildman–Crippen MR) is 130 cm³/mol. The van der Waals surface area contributed by atoms with Crippen molar-refractivity contribution in [2.45, 2.75) is 25.5 Å². The monoisotopic (exact) mass is 555 g/mol. The van der Waals surface area contributed by atoms with E-state index in [0.29, 0.717) is 16.0 Å². The smallest absolute Gasteiger partial charge is 0.506 e. The van der Waals surface area contributed by atoms with E-state index in [-0.39, 0.29) is 40.1 Å². The van der Waals surface area contributed by atoms with Crippen molar-refractivity contribution < 1.29 is 42.8 Å². The highest BCUT2D eigenvalue weighted by Gasteiger charge is 2.34. The number of benzene rings is 1. The highest BCUT2D eigenvalue weighted by molar-refractivity contribution is 7.16. The zero-order valence-electron chi connectivity index (χ0n) is 19.0. The molecule has 37 heavy (non-hydrogen) atoms. The Labute approximate surface area is 216 Å². The van der Waals surface area contributed by atoms with Gasteiger partial charge in [-0.2, -0.15) is 5.10 Å². The van der Waals surface area contributed by atoms with Gasteiger partial charge in [-0.3, -0.25) is 9.59 Å². The van der Waals surface area contributed by atoms with Gasteiger partial charge < -0.3 is 25.0 Å². The summed E-state index contributed by atoms with van der Waals surface area (Å²) in [6.07, 6.45) is -6.83. The molecule has 1 aliphatic rings. The SMILES string of the molecule is CC(=NNC(=O)c1ccc(C(=O)N2CC(O)C(O)C2)s1)c1csc(-c2ccc(OC(F)(F)F)cc2)c1O. The molecule has 9 nitrogen and oxygen atoms in total. The van der Waals surface area contributed by atoms with Crippen LogP contribution in [0.2, 0.25) is 0 Å². The molecule has 0 aliphatic carbocycles. The quantitative estimate of drug-likeness (QED) is 0.272. The molecule has 2 atom stereocenters. The fourth-order valence-electron chi connectivity index (χ4n) is 3.54. The Kier molecular flexibility index (Phi) is 7.54. The zero-order chi connectivity index (χ0) is 26.9. The third kappa shape index (κ3) is 6.10. The van der Waals surface area contributed by atoms with Gasteiger partial charge in [-0.1, -0.05) is 0 Å². The summed E-state index contributed by atoms with van der Waals surface area (Å²) in [5.41, 5.74) is 3.43. The van der Waals surface area contributed by atoms with Gasteiger partial charge in [0, 0.05) is 18.5 Å². The van der Waals surface area contributed by atoms with E-state index in [1.54, 1.807) is 12.3 Å². The van der Waals surface area contributed by atoms with Crippen molar-refractivity contribution in [3.05, 3.63) is 57.1 Å². The van der Waals surface area contributed by atoms with Gasteiger partial charge in [0.15, 0.2) is 0 Å². The molecule has 1 fully saturated rings. The Morgan fingerprint density at radius 1 is 1.08 bits per heavy atom. The number of amides is 2. The molecule has 14 heteroatoms. The van der Waals surface area contributed by atoms with Crippen LogP contribution in [0.1, 0.15) is 31.8 Å². The van der Waals surface area contributed by atoms with E-state index in [9.17, 15) is 38.1 Å². The summed E-state index contributed by atoms with van der Waals surface area (Å²) in [5.74, 6) is -1.53. The number of nitrogens with one attached hydrogen (secondary N) is 1. The van der Waals surface area contributed by atoms with E-state index in [0.717, 1.165) is 34.8 Å². The summed E-state index contributed by atoms with van der Waals surface area (Å²) in [7, 11) is 0. The van der Waals surface area contributed by atoms with Crippen molar-refractivity contribution in [3.8, 4) is 21.9 Å². The van der Waals surface area contributed by atoms with Gasteiger partial charge >= 0.3 is 6.36 Å². The fraction of sp³-hybridized carbons (Fsp3) is 0.261. The van der Waals surface area contributed by atoms with E-state index in [1.807, 2.05) is 0 Å². The first-order valence-corrected chi connectivity index (χ1v) is 12.4. The Morgan fingerprint density at radius 3 is 2.32 bits per heavy atom. The number of rotatable bonds is 6. The van der Waals surface area contributed by atoms with Gasteiger partial charge in [-0.05, 0) is 48.9 Å². The molecule has 1 aromatic carbocycles. The molecular formula is C23H20F3N3O6S2. The summed E-state index contributed by atoms with van der Waals surface area (Å²) in [6, 6.07) is 7.95. The van der Waals surface area contributed by atoms with Crippen molar-refractivity contribution >= 4 is 40.2 Å². The number of thiophene rings is 2. The van der Waals surface area contributed by atoms with E-state index in [2.05, 4.69) is 15.3 Å². The molecular weight excluding hydrogens is 535 g/mol. The van der Waals surface area contributed by atoms with Crippen LogP contribution in [-0.4, -0.2) is 69.4 Å². The van der Waals surface area contributed by atoms with Crippen LogP contribution in [0.25, 0.3) is 10.4 Å². The number of hydrogen-bond donors (Lipinski definition) is 4. The van der Waals surface area contributed by atoms with E-state index >= 15 is 0 Å². The molecule has 196 valence electrons. The number of aliphatic hydroxyl groups is 2. The molecule has 4 rings (SSSR count). The maximum Gasteiger partial charge on any atom is 0.573 e. The lowest BCUT2D eigenvalue weighted by atomic mass is 10.1. The third-order valence-corrected chi connectivity index (χ3v) is 7.51. The highest BCUT2D eigenvalue weighted by atomic mass is 32.1. The molecule has 3 aromatic rings. The molecule has 0 saturated carbocycles. The number of nitrogens with zero attached hydrogens (tertiary/aromatic N) is 2. The van der Waals surface area contributed by atoms with Crippen molar-refractivity contribution in [1.29, 1.82) is 0 Å². The number of β-amino-alcohol motifs (C(OH)–C–C–N with tert-alkyl or cyclic N) is 2. The number of aromatic hydroxyl groups is 1. The number of carbonyl (C=O) groups is 2. The lowest BCUT2D eigenvalue weighted by molar-refractivity contribution is -0.274. The summed E-state index contributed by atoms with van der Waals surface area (Å²) in [4.78, 5) is 27.2. The molecule has 1 saturated heterocycles. The lowest BCUT2D eigenvalue weighted by Gasteiger charge is -2.13. The van der Waals surface area contributed by atoms with Crippen LogP contribution in [0.5, 0.6) is 11.5 Å². The minimum absolute atomic E-state index is 0.000516. The summed E-state index contributed by atoms with van der Waals surface area (Å²) >= 11 is 2.07. The van der Waals surface area contributed by atoms with Gasteiger partial charge in [0.05, 0.1) is 38.1 Å². The lowest BCUT2D eigenvalue weighted by Crippen LogP contribution is -2.29. The number of halogens is 3. The molecule has 4 N–H and O–H groups in total. The summed E-state index contributed by atoms with van der Waals surface area (Å²) in [6.45, 7) is 1.56. The minimum Gasteiger partial charge on any atom is -0.506 e. The van der Waals surface area contributed by atoms with E-state index in [4.69, 9.17) is 0 Å². The predicted octanol–water partition coefficient (Wildman–Crippen LogP) is 3.41. The molecule has 2 amide bonds. The van der Waals surface area contributed by atoms with Gasteiger partial charge in [-0.25, -0.2) is 5.43 Å². The van der Waals surface area contributed by atoms with Crippen molar-refractivity contribution in [1.82, 2.24) is 10.3 Å². The van der Waals surface area contributed by atoms with Gasteiger partial charge in [-0.15, -0.1) is 35.8 Å². The molecule has 2 unspecified atom stereocenters. The molecule has 0 bridgehead atoms. The zero-order valence-corrected chi connectivity index (χ0v) is 20.7. The average Bonchev–Trinajstić information content (AvgIpc) is 3.56. The van der Waals surface area contributed by atoms with Crippen LogP contribution in [0.3, 0.4) is 0 Å². The topological polar surface area (TPSA) is 132 Å². The third-order valence-electron chi connectivity index (χ3n) is 5.42. The van der Waals surface area contributed by atoms with E-state index in [1.165, 1.54) is 29.2 Å². The van der Waals surface area contributed by atoms with Crippen molar-refractivity contribution in [3.63, 3.8) is 0 Å². The van der Waals surface area contributed by atoms with Crippen LogP contribution in [-0.2, 0) is 0 Å².